The Bertz CT molecular complexity index is 338. The summed E-state index contributed by atoms with van der Waals surface area (Å²) in [6.45, 7) is 6.38. The van der Waals surface area contributed by atoms with Gasteiger partial charge in [-0.3, -0.25) is 0 Å². The summed E-state index contributed by atoms with van der Waals surface area (Å²) in [4.78, 5) is 0. The number of aliphatic hydroxyl groups is 1. The maximum Gasteiger partial charge on any atom is 0.211 e. The topological polar surface area (TPSA) is 66.4 Å². The zero-order chi connectivity index (χ0) is 13.8. The van der Waals surface area contributed by atoms with Gasteiger partial charge in [-0.1, -0.05) is 20.8 Å². The molecule has 4 nitrogen and oxygen atoms in total. The molecule has 0 amide bonds. The number of rotatable bonds is 5. The Morgan fingerprint density at radius 2 is 1.72 bits per heavy atom. The van der Waals surface area contributed by atoms with Crippen LogP contribution in [0.4, 0.5) is 0 Å². The van der Waals surface area contributed by atoms with Crippen LogP contribution in [0.25, 0.3) is 0 Å². The van der Waals surface area contributed by atoms with Crippen LogP contribution >= 0.6 is 0 Å². The third kappa shape index (κ3) is 6.16. The van der Waals surface area contributed by atoms with Gasteiger partial charge >= 0.3 is 0 Å². The minimum Gasteiger partial charge on any atom is -0.396 e. The second-order valence-electron chi connectivity index (χ2n) is 6.65. The molecule has 0 aromatic carbocycles. The van der Waals surface area contributed by atoms with E-state index in [0.717, 1.165) is 25.7 Å². The predicted molar refractivity (Wildman–Crippen MR) is 73.8 cm³/mol. The second-order valence-corrected chi connectivity index (χ2v) is 8.52. The van der Waals surface area contributed by atoms with Crippen molar-refractivity contribution in [3.8, 4) is 0 Å². The maximum absolute atomic E-state index is 11.9. The molecular weight excluding hydrogens is 250 g/mol. The molecule has 0 heterocycles. The fraction of sp³-hybridized carbons (Fsp3) is 1.00. The van der Waals surface area contributed by atoms with Gasteiger partial charge in [-0.05, 0) is 43.4 Å². The second kappa shape index (κ2) is 6.35. The Hall–Kier alpha value is -0.130. The van der Waals surface area contributed by atoms with Crippen molar-refractivity contribution in [1.29, 1.82) is 0 Å². The molecule has 0 unspecified atom stereocenters. The lowest BCUT2D eigenvalue weighted by atomic mass is 9.87. The minimum atomic E-state index is -3.15. The van der Waals surface area contributed by atoms with E-state index < -0.39 is 10.0 Å². The van der Waals surface area contributed by atoms with Gasteiger partial charge in [0, 0.05) is 12.6 Å². The van der Waals surface area contributed by atoms with Crippen LogP contribution in [-0.4, -0.2) is 31.9 Å². The highest BCUT2D eigenvalue weighted by Crippen LogP contribution is 2.25. The third-order valence-corrected chi connectivity index (χ3v) is 5.01. The van der Waals surface area contributed by atoms with Gasteiger partial charge in [0.2, 0.25) is 10.0 Å². The van der Waals surface area contributed by atoms with Gasteiger partial charge in [-0.2, -0.15) is 0 Å². The molecule has 0 saturated heterocycles. The molecule has 1 aliphatic rings. The van der Waals surface area contributed by atoms with Crippen LogP contribution < -0.4 is 4.72 Å². The van der Waals surface area contributed by atoms with Crippen LogP contribution in [0.3, 0.4) is 0 Å². The summed E-state index contributed by atoms with van der Waals surface area (Å²) in [5, 5.41) is 9.04. The van der Waals surface area contributed by atoms with Gasteiger partial charge in [-0.25, -0.2) is 13.1 Å². The number of nitrogens with one attached hydrogen (secondary N) is 1. The van der Waals surface area contributed by atoms with Gasteiger partial charge in [0.05, 0.1) is 5.75 Å². The van der Waals surface area contributed by atoms with Crippen LogP contribution in [0.15, 0.2) is 0 Å². The largest absolute Gasteiger partial charge is 0.396 e. The maximum atomic E-state index is 11.9. The number of aliphatic hydroxyl groups excluding tert-OH is 1. The van der Waals surface area contributed by atoms with Crippen molar-refractivity contribution in [3.63, 3.8) is 0 Å². The van der Waals surface area contributed by atoms with Crippen molar-refractivity contribution in [3.05, 3.63) is 0 Å². The predicted octanol–water partition coefficient (Wildman–Crippen LogP) is 1.89. The Balaban J connectivity index is 2.37. The molecular formula is C13H27NO3S. The summed E-state index contributed by atoms with van der Waals surface area (Å²) in [5.41, 5.74) is 0.0449. The summed E-state index contributed by atoms with van der Waals surface area (Å²) in [6.07, 6.45) is 4.21. The van der Waals surface area contributed by atoms with E-state index in [9.17, 15) is 8.42 Å². The first-order chi connectivity index (χ1) is 8.22. The molecule has 0 radical (unpaired) electrons. The van der Waals surface area contributed by atoms with Crippen LogP contribution in [0.5, 0.6) is 0 Å². The quantitative estimate of drug-likeness (QED) is 0.806. The highest BCUT2D eigenvalue weighted by Gasteiger charge is 2.25. The Morgan fingerprint density at radius 1 is 1.17 bits per heavy atom. The summed E-state index contributed by atoms with van der Waals surface area (Å²) in [5.74, 6) is 0.566. The van der Waals surface area contributed by atoms with Crippen molar-refractivity contribution >= 4 is 10.0 Å². The monoisotopic (exact) mass is 277 g/mol. The van der Waals surface area contributed by atoms with Crippen molar-refractivity contribution in [2.24, 2.45) is 11.3 Å². The standard InChI is InChI=1S/C13H27NO3S/c1-13(2,3)8-9-18(16,17)14-12-6-4-11(10-15)5-7-12/h11-12,14-15H,4-10H2,1-3H3. The molecule has 18 heavy (non-hydrogen) atoms. The van der Waals surface area contributed by atoms with Gasteiger partial charge in [-0.15, -0.1) is 0 Å². The van der Waals surface area contributed by atoms with Crippen molar-refractivity contribution in [2.75, 3.05) is 12.4 Å². The van der Waals surface area contributed by atoms with Crippen molar-refractivity contribution in [2.45, 2.75) is 58.9 Å². The zero-order valence-electron chi connectivity index (χ0n) is 11.8. The van der Waals surface area contributed by atoms with Crippen molar-refractivity contribution in [1.82, 2.24) is 4.72 Å². The lowest BCUT2D eigenvalue weighted by Gasteiger charge is -2.28. The first-order valence-corrected chi connectivity index (χ1v) is 8.48. The van der Waals surface area contributed by atoms with E-state index in [4.69, 9.17) is 5.11 Å². The highest BCUT2D eigenvalue weighted by atomic mass is 32.2. The molecule has 0 atom stereocenters. The first kappa shape index (κ1) is 15.9. The number of sulfonamides is 1. The van der Waals surface area contributed by atoms with E-state index in [1.807, 2.05) is 0 Å². The van der Waals surface area contributed by atoms with Gasteiger partial charge in [0.25, 0.3) is 0 Å². The fourth-order valence-electron chi connectivity index (χ4n) is 2.22. The SMILES string of the molecule is CC(C)(C)CCS(=O)(=O)NC1CCC(CO)CC1. The smallest absolute Gasteiger partial charge is 0.211 e. The van der Waals surface area contributed by atoms with E-state index in [-0.39, 0.29) is 23.8 Å². The summed E-state index contributed by atoms with van der Waals surface area (Å²) < 4.78 is 26.7. The van der Waals surface area contributed by atoms with Gasteiger partial charge in [0.15, 0.2) is 0 Å². The molecule has 0 aromatic heterocycles. The fourth-order valence-corrected chi connectivity index (χ4v) is 3.96. The molecule has 0 aromatic rings. The molecule has 0 spiro atoms. The summed E-state index contributed by atoms with van der Waals surface area (Å²) in [7, 11) is -3.15. The molecule has 1 fully saturated rings. The molecule has 2 N–H and O–H groups in total. The molecule has 108 valence electrons. The summed E-state index contributed by atoms with van der Waals surface area (Å²) >= 11 is 0. The van der Waals surface area contributed by atoms with Crippen LogP contribution in [-0.2, 0) is 10.0 Å². The lowest BCUT2D eigenvalue weighted by molar-refractivity contribution is 0.180. The van der Waals surface area contributed by atoms with E-state index in [2.05, 4.69) is 25.5 Å². The average molecular weight is 277 g/mol. The Morgan fingerprint density at radius 3 is 2.17 bits per heavy atom. The Labute approximate surface area is 111 Å². The van der Waals surface area contributed by atoms with Crippen molar-refractivity contribution < 1.29 is 13.5 Å². The Kier molecular flexibility index (Phi) is 5.62. The van der Waals surface area contributed by atoms with Crippen LogP contribution in [0.1, 0.15) is 52.9 Å². The lowest BCUT2D eigenvalue weighted by Crippen LogP contribution is -2.39. The minimum absolute atomic E-state index is 0.0449. The third-order valence-electron chi connectivity index (χ3n) is 3.57. The zero-order valence-corrected chi connectivity index (χ0v) is 12.6. The van der Waals surface area contributed by atoms with Gasteiger partial charge < -0.3 is 5.11 Å². The molecule has 1 aliphatic carbocycles. The van der Waals surface area contributed by atoms with Gasteiger partial charge in [0.1, 0.15) is 0 Å². The van der Waals surface area contributed by atoms with E-state index in [0.29, 0.717) is 12.3 Å². The highest BCUT2D eigenvalue weighted by molar-refractivity contribution is 7.89. The van der Waals surface area contributed by atoms with Crippen LogP contribution in [0, 0.1) is 11.3 Å². The van der Waals surface area contributed by atoms with E-state index >= 15 is 0 Å². The molecule has 0 bridgehead atoms. The molecule has 1 rings (SSSR count). The average Bonchev–Trinajstić information content (AvgIpc) is 2.26. The normalized spacial score (nSPS) is 26.2. The number of hydrogen-bond acceptors (Lipinski definition) is 3. The number of hydrogen-bond donors (Lipinski definition) is 2. The summed E-state index contributed by atoms with van der Waals surface area (Å²) in [6, 6.07) is 0.0674. The van der Waals surface area contributed by atoms with Crippen LogP contribution in [0.2, 0.25) is 0 Å². The molecule has 5 heteroatoms. The van der Waals surface area contributed by atoms with E-state index in [1.165, 1.54) is 0 Å². The molecule has 1 saturated carbocycles. The first-order valence-electron chi connectivity index (χ1n) is 6.83. The van der Waals surface area contributed by atoms with E-state index in [1.54, 1.807) is 0 Å². The molecule has 0 aliphatic heterocycles.